The van der Waals surface area contributed by atoms with Gasteiger partial charge in [-0.05, 0) is 12.8 Å². The van der Waals surface area contributed by atoms with Crippen LogP contribution < -0.4 is 5.32 Å². The summed E-state index contributed by atoms with van der Waals surface area (Å²) < 4.78 is 0. The second-order valence-corrected chi connectivity index (χ2v) is 2.62. The standard InChI is InChI=1S/C8H15NO3/c1-3-6(4-2)8(12)9-5-7(10)11/h6H,3-5H2,1-2H3,(H,9,12)(H,10,11). The van der Waals surface area contributed by atoms with Crippen LogP contribution in [0.5, 0.6) is 0 Å². The van der Waals surface area contributed by atoms with Gasteiger partial charge in [0.1, 0.15) is 6.54 Å². The molecule has 0 fully saturated rings. The van der Waals surface area contributed by atoms with Crippen molar-refractivity contribution in [1.29, 1.82) is 0 Å². The number of nitrogens with one attached hydrogen (secondary N) is 1. The number of carboxylic acids is 1. The maximum absolute atomic E-state index is 11.1. The van der Waals surface area contributed by atoms with Gasteiger partial charge in [-0.15, -0.1) is 0 Å². The molecule has 0 saturated heterocycles. The normalized spacial score (nSPS) is 9.92. The van der Waals surface area contributed by atoms with Gasteiger partial charge in [-0.3, -0.25) is 9.59 Å². The number of aliphatic carboxylic acids is 1. The Morgan fingerprint density at radius 1 is 1.33 bits per heavy atom. The molecule has 1 amide bonds. The molecule has 0 aliphatic carbocycles. The van der Waals surface area contributed by atoms with Crippen molar-refractivity contribution in [2.45, 2.75) is 26.7 Å². The first-order valence-corrected chi connectivity index (χ1v) is 4.11. The first kappa shape index (κ1) is 10.9. The Morgan fingerprint density at radius 2 is 1.83 bits per heavy atom. The molecule has 0 saturated carbocycles. The van der Waals surface area contributed by atoms with Crippen LogP contribution >= 0.6 is 0 Å². The van der Waals surface area contributed by atoms with Crippen LogP contribution in [0.15, 0.2) is 0 Å². The largest absolute Gasteiger partial charge is 0.480 e. The molecule has 0 atom stereocenters. The van der Waals surface area contributed by atoms with Gasteiger partial charge in [-0.1, -0.05) is 13.8 Å². The van der Waals surface area contributed by atoms with Crippen molar-refractivity contribution in [3.05, 3.63) is 0 Å². The first-order valence-electron chi connectivity index (χ1n) is 4.11. The third-order valence-corrected chi connectivity index (χ3v) is 1.77. The van der Waals surface area contributed by atoms with Gasteiger partial charge in [0.2, 0.25) is 5.91 Å². The summed E-state index contributed by atoms with van der Waals surface area (Å²) in [5.41, 5.74) is 0. The van der Waals surface area contributed by atoms with Gasteiger partial charge < -0.3 is 10.4 Å². The summed E-state index contributed by atoms with van der Waals surface area (Å²) in [6.07, 6.45) is 1.50. The minimum absolute atomic E-state index is 0.0515. The van der Waals surface area contributed by atoms with E-state index < -0.39 is 5.97 Å². The van der Waals surface area contributed by atoms with Crippen molar-refractivity contribution in [3.8, 4) is 0 Å². The van der Waals surface area contributed by atoms with Crippen LogP contribution in [0.4, 0.5) is 0 Å². The van der Waals surface area contributed by atoms with E-state index in [-0.39, 0.29) is 18.4 Å². The summed E-state index contributed by atoms with van der Waals surface area (Å²) in [5, 5.41) is 10.6. The van der Waals surface area contributed by atoms with E-state index in [0.29, 0.717) is 0 Å². The summed E-state index contributed by atoms with van der Waals surface area (Å²) >= 11 is 0. The molecule has 0 aromatic rings. The van der Waals surface area contributed by atoms with E-state index in [1.54, 1.807) is 0 Å². The highest BCUT2D eigenvalue weighted by Crippen LogP contribution is 2.06. The van der Waals surface area contributed by atoms with E-state index in [1.165, 1.54) is 0 Å². The third kappa shape index (κ3) is 3.95. The Labute approximate surface area is 72.0 Å². The van der Waals surface area contributed by atoms with Gasteiger partial charge >= 0.3 is 5.97 Å². The van der Waals surface area contributed by atoms with Crippen molar-refractivity contribution in [1.82, 2.24) is 5.32 Å². The zero-order chi connectivity index (χ0) is 9.56. The Bertz CT molecular complexity index is 164. The van der Waals surface area contributed by atoms with E-state index >= 15 is 0 Å². The van der Waals surface area contributed by atoms with Crippen LogP contribution in [0.3, 0.4) is 0 Å². The number of hydrogen-bond acceptors (Lipinski definition) is 2. The number of carbonyl (C=O) groups excluding carboxylic acids is 1. The molecule has 0 aromatic carbocycles. The van der Waals surface area contributed by atoms with Crippen LogP contribution in [0.1, 0.15) is 26.7 Å². The van der Waals surface area contributed by atoms with Gasteiger partial charge in [0.05, 0.1) is 0 Å². The highest BCUT2D eigenvalue weighted by Gasteiger charge is 2.13. The second kappa shape index (κ2) is 5.57. The predicted octanol–water partition coefficient (Wildman–Crippen LogP) is 0.623. The molecular formula is C8H15NO3. The van der Waals surface area contributed by atoms with Crippen molar-refractivity contribution in [2.75, 3.05) is 6.54 Å². The highest BCUT2D eigenvalue weighted by atomic mass is 16.4. The molecule has 0 unspecified atom stereocenters. The molecular weight excluding hydrogens is 158 g/mol. The van der Waals surface area contributed by atoms with Gasteiger partial charge in [0.15, 0.2) is 0 Å². The highest BCUT2D eigenvalue weighted by molar-refractivity contribution is 5.82. The van der Waals surface area contributed by atoms with Crippen LogP contribution in [0.2, 0.25) is 0 Å². The van der Waals surface area contributed by atoms with Crippen LogP contribution in [-0.2, 0) is 9.59 Å². The Morgan fingerprint density at radius 3 is 2.17 bits per heavy atom. The first-order chi connectivity index (χ1) is 5.61. The fraction of sp³-hybridized carbons (Fsp3) is 0.750. The van der Waals surface area contributed by atoms with Crippen molar-refractivity contribution < 1.29 is 14.7 Å². The molecule has 0 radical (unpaired) electrons. The quantitative estimate of drug-likeness (QED) is 0.640. The second-order valence-electron chi connectivity index (χ2n) is 2.62. The molecule has 4 heteroatoms. The Balaban J connectivity index is 3.77. The van der Waals surface area contributed by atoms with E-state index in [4.69, 9.17) is 5.11 Å². The minimum atomic E-state index is -1.01. The lowest BCUT2D eigenvalue weighted by Crippen LogP contribution is -2.34. The average Bonchev–Trinajstić information content (AvgIpc) is 2.03. The van der Waals surface area contributed by atoms with Crippen LogP contribution in [0.25, 0.3) is 0 Å². The SMILES string of the molecule is CCC(CC)C(=O)NCC(=O)O. The molecule has 0 rings (SSSR count). The molecule has 0 aliphatic rings. The number of rotatable bonds is 5. The lowest BCUT2D eigenvalue weighted by atomic mass is 10.0. The number of hydrogen-bond donors (Lipinski definition) is 2. The predicted molar refractivity (Wildman–Crippen MR) is 44.7 cm³/mol. The summed E-state index contributed by atoms with van der Waals surface area (Å²) in [7, 11) is 0. The van der Waals surface area contributed by atoms with E-state index in [1.807, 2.05) is 13.8 Å². The number of carboxylic acid groups (broad SMARTS) is 1. The number of amides is 1. The molecule has 12 heavy (non-hydrogen) atoms. The molecule has 0 aromatic heterocycles. The topological polar surface area (TPSA) is 66.4 Å². The van der Waals surface area contributed by atoms with Gasteiger partial charge in [-0.2, -0.15) is 0 Å². The van der Waals surface area contributed by atoms with E-state index in [2.05, 4.69) is 5.32 Å². The van der Waals surface area contributed by atoms with Gasteiger partial charge in [0, 0.05) is 5.92 Å². The van der Waals surface area contributed by atoms with Gasteiger partial charge in [-0.25, -0.2) is 0 Å². The molecule has 0 spiro atoms. The summed E-state index contributed by atoms with van der Waals surface area (Å²) in [6, 6.07) is 0. The van der Waals surface area contributed by atoms with Crippen LogP contribution in [-0.4, -0.2) is 23.5 Å². The zero-order valence-electron chi connectivity index (χ0n) is 7.46. The van der Waals surface area contributed by atoms with E-state index in [0.717, 1.165) is 12.8 Å². The van der Waals surface area contributed by atoms with Crippen molar-refractivity contribution in [3.63, 3.8) is 0 Å². The van der Waals surface area contributed by atoms with Gasteiger partial charge in [0.25, 0.3) is 0 Å². The Hall–Kier alpha value is -1.06. The fourth-order valence-corrected chi connectivity index (χ4v) is 0.967. The zero-order valence-corrected chi connectivity index (χ0v) is 7.46. The lowest BCUT2D eigenvalue weighted by Gasteiger charge is -2.10. The molecule has 70 valence electrons. The minimum Gasteiger partial charge on any atom is -0.480 e. The summed E-state index contributed by atoms with van der Waals surface area (Å²) in [4.78, 5) is 21.2. The smallest absolute Gasteiger partial charge is 0.322 e. The lowest BCUT2D eigenvalue weighted by molar-refractivity contribution is -0.138. The van der Waals surface area contributed by atoms with Crippen molar-refractivity contribution in [2.24, 2.45) is 5.92 Å². The fourth-order valence-electron chi connectivity index (χ4n) is 0.967. The van der Waals surface area contributed by atoms with Crippen molar-refractivity contribution >= 4 is 11.9 Å². The monoisotopic (exact) mass is 173 g/mol. The van der Waals surface area contributed by atoms with Crippen LogP contribution in [0, 0.1) is 5.92 Å². The molecule has 0 heterocycles. The Kier molecular flexibility index (Phi) is 5.08. The summed E-state index contributed by atoms with van der Waals surface area (Å²) in [6.45, 7) is 3.54. The summed E-state index contributed by atoms with van der Waals surface area (Å²) in [5.74, 6) is -1.22. The molecule has 4 nitrogen and oxygen atoms in total. The molecule has 0 bridgehead atoms. The molecule has 2 N–H and O–H groups in total. The third-order valence-electron chi connectivity index (χ3n) is 1.77. The maximum Gasteiger partial charge on any atom is 0.322 e. The average molecular weight is 173 g/mol. The van der Waals surface area contributed by atoms with E-state index in [9.17, 15) is 9.59 Å². The number of carbonyl (C=O) groups is 2. The maximum atomic E-state index is 11.1. The molecule has 0 aliphatic heterocycles.